The highest BCUT2D eigenvalue weighted by molar-refractivity contribution is 5.78. The number of rotatable bonds is 7. The summed E-state index contributed by atoms with van der Waals surface area (Å²) in [6, 6.07) is 0. The van der Waals surface area contributed by atoms with Gasteiger partial charge in [-0.25, -0.2) is 0 Å². The maximum atomic E-state index is 12.0. The minimum Gasteiger partial charge on any atom is -0.388 e. The van der Waals surface area contributed by atoms with Crippen LogP contribution >= 0.6 is 0 Å². The van der Waals surface area contributed by atoms with Gasteiger partial charge in [-0.1, -0.05) is 26.7 Å². The Labute approximate surface area is 110 Å². The molecule has 1 aliphatic rings. The Hall–Kier alpha value is -0.610. The molecule has 1 rings (SSSR count). The molecular formula is C14H27NO3. The normalized spacial score (nSPS) is 20.4. The number of carbonyl (C=O) groups is 1. The molecule has 1 fully saturated rings. The van der Waals surface area contributed by atoms with Crippen molar-refractivity contribution in [3.8, 4) is 0 Å². The summed E-state index contributed by atoms with van der Waals surface area (Å²) in [7, 11) is 0. The van der Waals surface area contributed by atoms with E-state index in [0.29, 0.717) is 32.6 Å². The van der Waals surface area contributed by atoms with Crippen LogP contribution in [0.15, 0.2) is 0 Å². The largest absolute Gasteiger partial charge is 0.388 e. The van der Waals surface area contributed by atoms with Crippen LogP contribution in [0.1, 0.15) is 52.4 Å². The molecule has 106 valence electrons. The molecule has 0 radical (unpaired) electrons. The molecule has 0 aromatic carbocycles. The van der Waals surface area contributed by atoms with Gasteiger partial charge >= 0.3 is 0 Å². The van der Waals surface area contributed by atoms with Gasteiger partial charge in [-0.2, -0.15) is 0 Å². The van der Waals surface area contributed by atoms with Crippen molar-refractivity contribution >= 4 is 5.91 Å². The standard InChI is InChI=1S/C14H27NO3/c1-3-5-6-12(4-2)13(16)15-11-14(17)7-9-18-10-8-14/h12,17H,3-11H2,1-2H3,(H,15,16). The maximum Gasteiger partial charge on any atom is 0.223 e. The van der Waals surface area contributed by atoms with Gasteiger partial charge in [0.2, 0.25) is 5.91 Å². The van der Waals surface area contributed by atoms with Crippen LogP contribution in [0.2, 0.25) is 0 Å². The fraction of sp³-hybridized carbons (Fsp3) is 0.929. The topological polar surface area (TPSA) is 58.6 Å². The van der Waals surface area contributed by atoms with Crippen LogP contribution in [0.25, 0.3) is 0 Å². The molecule has 0 aromatic rings. The molecule has 1 amide bonds. The van der Waals surface area contributed by atoms with E-state index in [1.54, 1.807) is 0 Å². The smallest absolute Gasteiger partial charge is 0.223 e. The number of ether oxygens (including phenoxy) is 1. The van der Waals surface area contributed by atoms with E-state index in [9.17, 15) is 9.90 Å². The lowest BCUT2D eigenvalue weighted by molar-refractivity contribution is -0.128. The molecule has 18 heavy (non-hydrogen) atoms. The molecule has 0 spiro atoms. The third kappa shape index (κ3) is 4.94. The molecule has 1 heterocycles. The van der Waals surface area contributed by atoms with Crippen LogP contribution in [-0.4, -0.2) is 36.4 Å². The first-order chi connectivity index (χ1) is 8.61. The van der Waals surface area contributed by atoms with Crippen molar-refractivity contribution in [3.63, 3.8) is 0 Å². The van der Waals surface area contributed by atoms with Crippen molar-refractivity contribution in [1.82, 2.24) is 5.32 Å². The van der Waals surface area contributed by atoms with Gasteiger partial charge in [0.1, 0.15) is 0 Å². The Morgan fingerprint density at radius 2 is 2.06 bits per heavy atom. The van der Waals surface area contributed by atoms with Crippen molar-refractivity contribution in [2.45, 2.75) is 58.0 Å². The molecule has 0 saturated carbocycles. The van der Waals surface area contributed by atoms with Gasteiger partial charge in [-0.15, -0.1) is 0 Å². The average molecular weight is 257 g/mol. The lowest BCUT2D eigenvalue weighted by Crippen LogP contribution is -2.47. The third-order valence-corrected chi connectivity index (χ3v) is 3.78. The molecular weight excluding hydrogens is 230 g/mol. The summed E-state index contributed by atoms with van der Waals surface area (Å²) in [5.74, 6) is 0.180. The van der Waals surface area contributed by atoms with Gasteiger partial charge in [0.25, 0.3) is 0 Å². The first-order valence-corrected chi connectivity index (χ1v) is 7.19. The quantitative estimate of drug-likeness (QED) is 0.732. The molecule has 1 aliphatic heterocycles. The predicted octanol–water partition coefficient (Wildman–Crippen LogP) is 1.86. The van der Waals surface area contributed by atoms with E-state index in [-0.39, 0.29) is 11.8 Å². The van der Waals surface area contributed by atoms with Crippen LogP contribution in [0, 0.1) is 5.92 Å². The molecule has 2 N–H and O–H groups in total. The summed E-state index contributed by atoms with van der Waals surface area (Å²) in [6.07, 6.45) is 5.24. The van der Waals surface area contributed by atoms with Gasteiger partial charge in [0.05, 0.1) is 5.60 Å². The summed E-state index contributed by atoms with van der Waals surface area (Å²) in [5.41, 5.74) is -0.767. The molecule has 0 aromatic heterocycles. The van der Waals surface area contributed by atoms with Crippen molar-refractivity contribution in [1.29, 1.82) is 0 Å². The van der Waals surface area contributed by atoms with E-state index in [2.05, 4.69) is 12.2 Å². The Morgan fingerprint density at radius 1 is 1.39 bits per heavy atom. The molecule has 1 saturated heterocycles. The third-order valence-electron chi connectivity index (χ3n) is 3.78. The summed E-state index contributed by atoms with van der Waals surface area (Å²) in [5, 5.41) is 13.2. The van der Waals surface area contributed by atoms with Crippen molar-refractivity contribution in [2.24, 2.45) is 5.92 Å². The number of carbonyl (C=O) groups excluding carboxylic acids is 1. The number of nitrogens with one attached hydrogen (secondary N) is 1. The Morgan fingerprint density at radius 3 is 2.61 bits per heavy atom. The van der Waals surface area contributed by atoms with Crippen molar-refractivity contribution in [2.75, 3.05) is 19.8 Å². The van der Waals surface area contributed by atoms with E-state index < -0.39 is 5.60 Å². The van der Waals surface area contributed by atoms with Gasteiger partial charge in [0.15, 0.2) is 0 Å². The van der Waals surface area contributed by atoms with Gasteiger partial charge < -0.3 is 15.2 Å². The van der Waals surface area contributed by atoms with E-state index in [1.165, 1.54) is 0 Å². The van der Waals surface area contributed by atoms with Crippen molar-refractivity contribution in [3.05, 3.63) is 0 Å². The van der Waals surface area contributed by atoms with E-state index in [4.69, 9.17) is 4.74 Å². The molecule has 1 atom stereocenters. The van der Waals surface area contributed by atoms with Crippen molar-refractivity contribution < 1.29 is 14.6 Å². The number of hydrogen-bond donors (Lipinski definition) is 2. The lowest BCUT2D eigenvalue weighted by Gasteiger charge is -2.32. The predicted molar refractivity (Wildman–Crippen MR) is 71.3 cm³/mol. The highest BCUT2D eigenvalue weighted by Gasteiger charge is 2.30. The molecule has 1 unspecified atom stereocenters. The number of aliphatic hydroxyl groups is 1. The molecule has 4 heteroatoms. The van der Waals surface area contributed by atoms with Crippen LogP contribution in [0.4, 0.5) is 0 Å². The minimum absolute atomic E-state index is 0.0888. The van der Waals surface area contributed by atoms with Crippen LogP contribution < -0.4 is 5.32 Å². The number of unbranched alkanes of at least 4 members (excludes halogenated alkanes) is 1. The van der Waals surface area contributed by atoms with Gasteiger partial charge in [0, 0.05) is 38.5 Å². The highest BCUT2D eigenvalue weighted by Crippen LogP contribution is 2.20. The first kappa shape index (κ1) is 15.4. The van der Waals surface area contributed by atoms with E-state index in [0.717, 1.165) is 25.7 Å². The van der Waals surface area contributed by atoms with E-state index >= 15 is 0 Å². The molecule has 0 bridgehead atoms. The highest BCUT2D eigenvalue weighted by atomic mass is 16.5. The second-order valence-electron chi connectivity index (χ2n) is 5.30. The molecule has 4 nitrogen and oxygen atoms in total. The lowest BCUT2D eigenvalue weighted by atomic mass is 9.93. The first-order valence-electron chi connectivity index (χ1n) is 7.19. The zero-order valence-corrected chi connectivity index (χ0v) is 11.7. The number of hydrogen-bond acceptors (Lipinski definition) is 3. The number of amides is 1. The van der Waals surface area contributed by atoms with Crippen LogP contribution in [0.5, 0.6) is 0 Å². The summed E-state index contributed by atoms with van der Waals surface area (Å²) >= 11 is 0. The second-order valence-corrected chi connectivity index (χ2v) is 5.30. The Kier molecular flexibility index (Phi) is 6.65. The zero-order valence-electron chi connectivity index (χ0n) is 11.7. The van der Waals surface area contributed by atoms with Crippen LogP contribution in [-0.2, 0) is 9.53 Å². The average Bonchev–Trinajstić information content (AvgIpc) is 2.38. The zero-order chi connectivity index (χ0) is 13.4. The Balaban J connectivity index is 2.33. The fourth-order valence-corrected chi connectivity index (χ4v) is 2.30. The summed E-state index contributed by atoms with van der Waals surface area (Å²) < 4.78 is 5.22. The van der Waals surface area contributed by atoms with Gasteiger partial charge in [-0.05, 0) is 12.8 Å². The molecule has 0 aliphatic carbocycles. The second kappa shape index (κ2) is 7.74. The summed E-state index contributed by atoms with van der Waals surface area (Å²) in [4.78, 5) is 12.0. The SMILES string of the molecule is CCCCC(CC)C(=O)NCC1(O)CCOCC1. The van der Waals surface area contributed by atoms with Gasteiger partial charge in [-0.3, -0.25) is 4.79 Å². The van der Waals surface area contributed by atoms with E-state index in [1.807, 2.05) is 6.92 Å². The maximum absolute atomic E-state index is 12.0. The monoisotopic (exact) mass is 257 g/mol. The minimum atomic E-state index is -0.767. The summed E-state index contributed by atoms with van der Waals surface area (Å²) in [6.45, 7) is 5.70. The van der Waals surface area contributed by atoms with Crippen LogP contribution in [0.3, 0.4) is 0 Å². The fourth-order valence-electron chi connectivity index (χ4n) is 2.30. The Bertz CT molecular complexity index is 249.